The van der Waals surface area contributed by atoms with Gasteiger partial charge in [0.1, 0.15) is 11.6 Å². The van der Waals surface area contributed by atoms with Gasteiger partial charge < -0.3 is 11.1 Å². The molecular formula is C14H18N4OS. The molecule has 2 aromatic rings. The van der Waals surface area contributed by atoms with E-state index in [9.17, 15) is 4.21 Å². The third kappa shape index (κ3) is 4.03. The average molecular weight is 290 g/mol. The summed E-state index contributed by atoms with van der Waals surface area (Å²) in [5.74, 6) is 2.93. The highest BCUT2D eigenvalue weighted by Gasteiger charge is 2.05. The monoisotopic (exact) mass is 290 g/mol. The van der Waals surface area contributed by atoms with Crippen molar-refractivity contribution in [1.29, 1.82) is 0 Å². The van der Waals surface area contributed by atoms with Crippen LogP contribution in [-0.4, -0.2) is 32.2 Å². The minimum Gasteiger partial charge on any atom is -0.384 e. The van der Waals surface area contributed by atoms with E-state index in [1.807, 2.05) is 37.3 Å². The molecule has 0 spiro atoms. The zero-order valence-corrected chi connectivity index (χ0v) is 12.2. The van der Waals surface area contributed by atoms with Gasteiger partial charge in [-0.2, -0.15) is 0 Å². The van der Waals surface area contributed by atoms with E-state index < -0.39 is 10.8 Å². The summed E-state index contributed by atoms with van der Waals surface area (Å²) >= 11 is 0. The Kier molecular flexibility index (Phi) is 5.06. The van der Waals surface area contributed by atoms with Crippen LogP contribution in [0, 0.1) is 0 Å². The highest BCUT2D eigenvalue weighted by Crippen LogP contribution is 2.18. The van der Waals surface area contributed by atoms with Crippen LogP contribution in [0.4, 0.5) is 11.6 Å². The SMILES string of the molecule is CCS(=O)CCNc1cc(N)nc(-c2ccccc2)n1. The molecule has 1 atom stereocenters. The Morgan fingerprint density at radius 2 is 2.00 bits per heavy atom. The number of nitrogens with one attached hydrogen (secondary N) is 1. The van der Waals surface area contributed by atoms with Crippen LogP contribution in [0.15, 0.2) is 36.4 Å². The normalized spacial score (nSPS) is 12.1. The predicted molar refractivity (Wildman–Crippen MR) is 83.9 cm³/mol. The number of hydrogen-bond donors (Lipinski definition) is 2. The van der Waals surface area contributed by atoms with Gasteiger partial charge in [0.2, 0.25) is 0 Å². The molecule has 1 heterocycles. The van der Waals surface area contributed by atoms with Gasteiger partial charge in [-0.05, 0) is 0 Å². The van der Waals surface area contributed by atoms with Crippen LogP contribution in [-0.2, 0) is 10.8 Å². The summed E-state index contributed by atoms with van der Waals surface area (Å²) in [5, 5.41) is 3.14. The van der Waals surface area contributed by atoms with Crippen LogP contribution in [0.2, 0.25) is 0 Å². The van der Waals surface area contributed by atoms with Crippen LogP contribution in [0.3, 0.4) is 0 Å². The zero-order chi connectivity index (χ0) is 14.4. The third-order valence-electron chi connectivity index (χ3n) is 2.74. The standard InChI is InChI=1S/C14H18N4OS/c1-2-20(19)9-8-16-13-10-12(15)17-14(18-13)11-6-4-3-5-7-11/h3-7,10H,2,8-9H2,1H3,(H3,15,16,17,18). The molecule has 6 heteroatoms. The maximum Gasteiger partial charge on any atom is 0.163 e. The Hall–Kier alpha value is -1.95. The Balaban J connectivity index is 2.11. The molecular weight excluding hydrogens is 272 g/mol. The fourth-order valence-electron chi connectivity index (χ4n) is 1.71. The van der Waals surface area contributed by atoms with Crippen molar-refractivity contribution in [2.24, 2.45) is 0 Å². The van der Waals surface area contributed by atoms with Gasteiger partial charge in [0, 0.05) is 40.5 Å². The van der Waals surface area contributed by atoms with Crippen molar-refractivity contribution in [3.63, 3.8) is 0 Å². The van der Waals surface area contributed by atoms with E-state index in [-0.39, 0.29) is 0 Å². The van der Waals surface area contributed by atoms with Crippen molar-refractivity contribution in [2.75, 3.05) is 29.1 Å². The molecule has 0 aliphatic rings. The number of benzene rings is 1. The Morgan fingerprint density at radius 1 is 1.25 bits per heavy atom. The fraction of sp³-hybridized carbons (Fsp3) is 0.286. The summed E-state index contributed by atoms with van der Waals surface area (Å²) in [6.45, 7) is 2.51. The molecule has 0 bridgehead atoms. The van der Waals surface area contributed by atoms with Gasteiger partial charge in [0.05, 0.1) is 0 Å². The molecule has 1 aromatic heterocycles. The lowest BCUT2D eigenvalue weighted by Gasteiger charge is -2.08. The second kappa shape index (κ2) is 7.00. The van der Waals surface area contributed by atoms with Gasteiger partial charge in [0.25, 0.3) is 0 Å². The zero-order valence-electron chi connectivity index (χ0n) is 11.4. The molecule has 1 aromatic carbocycles. The summed E-state index contributed by atoms with van der Waals surface area (Å²) in [5.41, 5.74) is 6.72. The van der Waals surface area contributed by atoms with E-state index in [0.29, 0.717) is 35.5 Å². The smallest absolute Gasteiger partial charge is 0.163 e. The summed E-state index contributed by atoms with van der Waals surface area (Å²) in [6, 6.07) is 11.4. The lowest BCUT2D eigenvalue weighted by atomic mass is 10.2. The first-order valence-corrected chi connectivity index (χ1v) is 7.96. The number of aromatic nitrogens is 2. The third-order valence-corrected chi connectivity index (χ3v) is 4.04. The van der Waals surface area contributed by atoms with Crippen LogP contribution in [0.1, 0.15) is 6.92 Å². The highest BCUT2D eigenvalue weighted by molar-refractivity contribution is 7.84. The highest BCUT2D eigenvalue weighted by atomic mass is 32.2. The van der Waals surface area contributed by atoms with E-state index in [4.69, 9.17) is 5.73 Å². The van der Waals surface area contributed by atoms with Crippen molar-refractivity contribution < 1.29 is 4.21 Å². The number of rotatable bonds is 6. The summed E-state index contributed by atoms with van der Waals surface area (Å²) < 4.78 is 11.4. The number of nitrogens with two attached hydrogens (primary N) is 1. The molecule has 0 saturated carbocycles. The molecule has 0 aliphatic heterocycles. The molecule has 106 valence electrons. The van der Waals surface area contributed by atoms with Gasteiger partial charge >= 0.3 is 0 Å². The molecule has 0 aliphatic carbocycles. The molecule has 0 radical (unpaired) electrons. The molecule has 1 unspecified atom stereocenters. The van der Waals surface area contributed by atoms with Gasteiger partial charge in [-0.25, -0.2) is 9.97 Å². The molecule has 2 rings (SSSR count). The van der Waals surface area contributed by atoms with Crippen LogP contribution < -0.4 is 11.1 Å². The van der Waals surface area contributed by atoms with Crippen molar-refractivity contribution >= 4 is 22.4 Å². The number of anilines is 2. The minimum atomic E-state index is -0.784. The van der Waals surface area contributed by atoms with Crippen molar-refractivity contribution in [1.82, 2.24) is 9.97 Å². The Morgan fingerprint density at radius 3 is 2.70 bits per heavy atom. The van der Waals surface area contributed by atoms with E-state index in [1.54, 1.807) is 6.07 Å². The van der Waals surface area contributed by atoms with E-state index in [2.05, 4.69) is 15.3 Å². The van der Waals surface area contributed by atoms with Crippen molar-refractivity contribution in [3.05, 3.63) is 36.4 Å². The molecule has 20 heavy (non-hydrogen) atoms. The summed E-state index contributed by atoms with van der Waals surface area (Å²) in [6.07, 6.45) is 0. The first-order chi connectivity index (χ1) is 9.69. The Bertz CT molecular complexity index is 589. The molecule has 3 N–H and O–H groups in total. The lowest BCUT2D eigenvalue weighted by Crippen LogP contribution is -2.13. The van der Waals surface area contributed by atoms with E-state index in [1.165, 1.54) is 0 Å². The lowest BCUT2D eigenvalue weighted by molar-refractivity contribution is 0.684. The second-order valence-electron chi connectivity index (χ2n) is 4.23. The molecule has 5 nitrogen and oxygen atoms in total. The number of nitrogens with zero attached hydrogens (tertiary/aromatic N) is 2. The van der Waals surface area contributed by atoms with E-state index >= 15 is 0 Å². The largest absolute Gasteiger partial charge is 0.384 e. The maximum absolute atomic E-state index is 11.4. The first-order valence-electron chi connectivity index (χ1n) is 6.48. The number of hydrogen-bond acceptors (Lipinski definition) is 5. The predicted octanol–water partition coefficient (Wildman–Crippen LogP) is 1.91. The number of nitrogen functional groups attached to an aromatic ring is 1. The van der Waals surface area contributed by atoms with Crippen molar-refractivity contribution in [2.45, 2.75) is 6.92 Å². The topological polar surface area (TPSA) is 80.9 Å². The fourth-order valence-corrected chi connectivity index (χ4v) is 2.33. The Labute approximate surface area is 121 Å². The van der Waals surface area contributed by atoms with Gasteiger partial charge in [0.15, 0.2) is 5.82 Å². The molecule has 0 fully saturated rings. The summed E-state index contributed by atoms with van der Waals surface area (Å²) in [4.78, 5) is 8.66. The first kappa shape index (κ1) is 14.5. The molecule has 0 amide bonds. The average Bonchev–Trinajstić information content (AvgIpc) is 2.47. The van der Waals surface area contributed by atoms with Crippen molar-refractivity contribution in [3.8, 4) is 11.4 Å². The van der Waals surface area contributed by atoms with Gasteiger partial charge in [-0.15, -0.1) is 0 Å². The maximum atomic E-state index is 11.4. The van der Waals surface area contributed by atoms with Crippen LogP contribution in [0.25, 0.3) is 11.4 Å². The van der Waals surface area contributed by atoms with Gasteiger partial charge in [-0.1, -0.05) is 37.3 Å². The quantitative estimate of drug-likeness (QED) is 0.849. The van der Waals surface area contributed by atoms with Crippen LogP contribution >= 0.6 is 0 Å². The minimum absolute atomic E-state index is 0.415. The summed E-state index contributed by atoms with van der Waals surface area (Å²) in [7, 11) is -0.784. The van der Waals surface area contributed by atoms with Gasteiger partial charge in [-0.3, -0.25) is 4.21 Å². The van der Waals surface area contributed by atoms with Crippen LogP contribution in [0.5, 0.6) is 0 Å². The second-order valence-corrected chi connectivity index (χ2v) is 6.09. The van der Waals surface area contributed by atoms with E-state index in [0.717, 1.165) is 5.56 Å². The molecule has 0 saturated heterocycles.